The van der Waals surface area contributed by atoms with E-state index in [-0.39, 0.29) is 21.8 Å². The predicted molar refractivity (Wildman–Crippen MR) is 123 cm³/mol. The minimum Gasteiger partial charge on any atom is -0.311 e. The second kappa shape index (κ2) is 8.23. The number of anilines is 1. The largest absolute Gasteiger partial charge is 0.311 e. The fraction of sp³-hybridized carbons (Fsp3) is 0.0909. The minimum atomic E-state index is -3.90. The van der Waals surface area contributed by atoms with Crippen molar-refractivity contribution in [3.05, 3.63) is 88.0 Å². The van der Waals surface area contributed by atoms with E-state index in [1.54, 1.807) is 23.7 Å². The van der Waals surface area contributed by atoms with Crippen LogP contribution >= 0.6 is 0 Å². The van der Waals surface area contributed by atoms with Crippen molar-refractivity contribution in [3.63, 3.8) is 0 Å². The van der Waals surface area contributed by atoms with Crippen molar-refractivity contribution in [2.24, 2.45) is 12.0 Å². The molecule has 0 aliphatic carbocycles. The molecule has 0 radical (unpaired) electrons. The van der Waals surface area contributed by atoms with Crippen molar-refractivity contribution in [2.75, 3.05) is 4.72 Å². The Morgan fingerprint density at radius 2 is 1.81 bits per heavy atom. The lowest BCUT2D eigenvalue weighted by Gasteiger charge is -2.11. The van der Waals surface area contributed by atoms with Gasteiger partial charge >= 0.3 is 0 Å². The molecular formula is C22H19N5O4S. The Kier molecular flexibility index (Phi) is 5.45. The summed E-state index contributed by atoms with van der Waals surface area (Å²) in [5.74, 6) is 0.380. The highest BCUT2D eigenvalue weighted by Gasteiger charge is 2.18. The second-order valence-corrected chi connectivity index (χ2v) is 8.85. The lowest BCUT2D eigenvalue weighted by atomic mass is 10.2. The van der Waals surface area contributed by atoms with Gasteiger partial charge in [0.1, 0.15) is 0 Å². The van der Waals surface area contributed by atoms with Gasteiger partial charge in [0.2, 0.25) is 5.95 Å². The topological polar surface area (TPSA) is 119 Å². The SMILES string of the molecule is Cc1ccc(S(=O)(=O)Nc2ccc([N+](=O)[O-])cc2C=Nc2nc3ccccc3n2C)cc1. The molecule has 0 spiro atoms. The number of hydrogen-bond acceptors (Lipinski definition) is 6. The Bertz CT molecular complexity index is 1460. The van der Waals surface area contributed by atoms with E-state index in [1.165, 1.54) is 36.5 Å². The van der Waals surface area contributed by atoms with Crippen LogP contribution in [-0.4, -0.2) is 29.1 Å². The van der Waals surface area contributed by atoms with Crippen molar-refractivity contribution in [1.29, 1.82) is 0 Å². The quantitative estimate of drug-likeness (QED) is 0.267. The Morgan fingerprint density at radius 1 is 1.09 bits per heavy atom. The third kappa shape index (κ3) is 4.21. The molecule has 0 saturated carbocycles. The van der Waals surface area contributed by atoms with Crippen LogP contribution in [0.25, 0.3) is 11.0 Å². The molecule has 4 rings (SSSR count). The van der Waals surface area contributed by atoms with Crippen LogP contribution in [0.2, 0.25) is 0 Å². The van der Waals surface area contributed by atoms with E-state index in [2.05, 4.69) is 14.7 Å². The zero-order chi connectivity index (χ0) is 22.9. The van der Waals surface area contributed by atoms with Gasteiger partial charge in [0.05, 0.1) is 26.5 Å². The van der Waals surface area contributed by atoms with E-state index in [9.17, 15) is 18.5 Å². The average Bonchev–Trinajstić information content (AvgIpc) is 3.09. The van der Waals surface area contributed by atoms with Crippen LogP contribution in [0.3, 0.4) is 0 Å². The number of aromatic nitrogens is 2. The normalized spacial score (nSPS) is 11.8. The highest BCUT2D eigenvalue weighted by molar-refractivity contribution is 7.92. The number of fused-ring (bicyclic) bond motifs is 1. The Balaban J connectivity index is 1.74. The molecule has 0 aliphatic heterocycles. The van der Waals surface area contributed by atoms with Gasteiger partial charge in [-0.3, -0.25) is 14.8 Å². The van der Waals surface area contributed by atoms with Crippen LogP contribution in [0.5, 0.6) is 0 Å². The van der Waals surface area contributed by atoms with Gasteiger partial charge in [0.15, 0.2) is 0 Å². The summed E-state index contributed by atoms with van der Waals surface area (Å²) in [7, 11) is -2.10. The molecule has 0 aliphatic rings. The maximum atomic E-state index is 12.8. The van der Waals surface area contributed by atoms with Gasteiger partial charge in [-0.05, 0) is 37.3 Å². The van der Waals surface area contributed by atoms with Crippen LogP contribution in [0.1, 0.15) is 11.1 Å². The average molecular weight is 449 g/mol. The summed E-state index contributed by atoms with van der Waals surface area (Å²) >= 11 is 0. The highest BCUT2D eigenvalue weighted by atomic mass is 32.2. The Morgan fingerprint density at radius 3 is 2.50 bits per heavy atom. The van der Waals surface area contributed by atoms with E-state index >= 15 is 0 Å². The number of nitrogens with zero attached hydrogens (tertiary/aromatic N) is 4. The Hall–Kier alpha value is -4.05. The number of rotatable bonds is 6. The van der Waals surface area contributed by atoms with Gasteiger partial charge in [-0.2, -0.15) is 0 Å². The molecule has 0 unspecified atom stereocenters. The summed E-state index contributed by atoms with van der Waals surface area (Å²) in [5, 5.41) is 11.3. The van der Waals surface area contributed by atoms with Crippen LogP contribution in [-0.2, 0) is 17.1 Å². The molecule has 162 valence electrons. The molecule has 0 saturated heterocycles. The first kappa shape index (κ1) is 21.2. The van der Waals surface area contributed by atoms with Crippen LogP contribution in [0.15, 0.2) is 76.6 Å². The number of nitro groups is 1. The summed E-state index contributed by atoms with van der Waals surface area (Å²) in [6.45, 7) is 1.86. The number of non-ortho nitro benzene ring substituents is 1. The molecule has 0 fully saturated rings. The molecule has 32 heavy (non-hydrogen) atoms. The van der Waals surface area contributed by atoms with Crippen LogP contribution in [0.4, 0.5) is 17.3 Å². The van der Waals surface area contributed by atoms with E-state index in [1.807, 2.05) is 31.2 Å². The van der Waals surface area contributed by atoms with Crippen LogP contribution < -0.4 is 4.72 Å². The molecule has 4 aromatic rings. The molecule has 0 bridgehead atoms. The number of nitro benzene ring substituents is 1. The first-order valence-electron chi connectivity index (χ1n) is 9.58. The van der Waals surface area contributed by atoms with E-state index in [0.717, 1.165) is 16.6 Å². The maximum Gasteiger partial charge on any atom is 0.270 e. The highest BCUT2D eigenvalue weighted by Crippen LogP contribution is 2.25. The van der Waals surface area contributed by atoms with Crippen molar-refractivity contribution >= 4 is 44.6 Å². The molecule has 0 atom stereocenters. The molecule has 1 aromatic heterocycles. The van der Waals surface area contributed by atoms with Crippen molar-refractivity contribution < 1.29 is 13.3 Å². The van der Waals surface area contributed by atoms with Gasteiger partial charge in [0, 0.05) is 31.0 Å². The molecule has 1 heterocycles. The summed E-state index contributed by atoms with van der Waals surface area (Å²) in [5.41, 5.74) is 2.77. The fourth-order valence-electron chi connectivity index (χ4n) is 3.16. The predicted octanol–water partition coefficient (Wildman–Crippen LogP) is 4.34. The first-order valence-corrected chi connectivity index (χ1v) is 11.1. The molecule has 10 heteroatoms. The van der Waals surface area contributed by atoms with E-state index < -0.39 is 14.9 Å². The zero-order valence-corrected chi connectivity index (χ0v) is 18.1. The van der Waals surface area contributed by atoms with Crippen molar-refractivity contribution in [2.45, 2.75) is 11.8 Å². The van der Waals surface area contributed by atoms with Crippen LogP contribution in [0, 0.1) is 17.0 Å². The lowest BCUT2D eigenvalue weighted by molar-refractivity contribution is -0.384. The van der Waals surface area contributed by atoms with Gasteiger partial charge in [-0.25, -0.2) is 18.4 Å². The lowest BCUT2D eigenvalue weighted by Crippen LogP contribution is -2.14. The minimum absolute atomic E-state index is 0.0830. The van der Waals surface area contributed by atoms with Crippen molar-refractivity contribution in [1.82, 2.24) is 9.55 Å². The van der Waals surface area contributed by atoms with Gasteiger partial charge in [0.25, 0.3) is 15.7 Å². The summed E-state index contributed by atoms with van der Waals surface area (Å²) in [6.07, 6.45) is 1.36. The number of para-hydroxylation sites is 2. The summed E-state index contributed by atoms with van der Waals surface area (Å²) < 4.78 is 29.9. The zero-order valence-electron chi connectivity index (χ0n) is 17.3. The third-order valence-electron chi connectivity index (χ3n) is 4.90. The van der Waals surface area contributed by atoms with Gasteiger partial charge in [-0.1, -0.05) is 29.8 Å². The second-order valence-electron chi connectivity index (χ2n) is 7.16. The maximum absolute atomic E-state index is 12.8. The van der Waals surface area contributed by atoms with Gasteiger partial charge in [-0.15, -0.1) is 0 Å². The monoisotopic (exact) mass is 449 g/mol. The number of aliphatic imine (C=N–C) groups is 1. The number of hydrogen-bond donors (Lipinski definition) is 1. The molecule has 9 nitrogen and oxygen atoms in total. The summed E-state index contributed by atoms with van der Waals surface area (Å²) in [6, 6.07) is 17.7. The van der Waals surface area contributed by atoms with E-state index in [0.29, 0.717) is 5.95 Å². The number of imidazole rings is 1. The van der Waals surface area contributed by atoms with E-state index in [4.69, 9.17) is 0 Å². The number of benzene rings is 3. The summed E-state index contributed by atoms with van der Waals surface area (Å²) in [4.78, 5) is 19.6. The smallest absolute Gasteiger partial charge is 0.270 e. The first-order chi connectivity index (χ1) is 15.2. The molecule has 0 amide bonds. The molecular weight excluding hydrogens is 430 g/mol. The van der Waals surface area contributed by atoms with Gasteiger partial charge < -0.3 is 4.57 Å². The fourth-order valence-corrected chi connectivity index (χ4v) is 4.25. The number of sulfonamides is 1. The molecule has 3 aromatic carbocycles. The standard InChI is InChI=1S/C22H19N5O4S/c1-15-7-10-18(11-8-15)32(30,31)25-19-12-9-17(27(28)29)13-16(19)14-23-22-24-20-5-3-4-6-21(20)26(22)2/h3-14,25H,1-2H3. The van der Waals surface area contributed by atoms with Crippen molar-refractivity contribution in [3.8, 4) is 0 Å². The molecule has 1 N–H and O–H groups in total. The number of aryl methyl sites for hydroxylation is 2. The number of nitrogens with one attached hydrogen (secondary N) is 1. The third-order valence-corrected chi connectivity index (χ3v) is 6.29. The Labute approximate surface area is 184 Å².